The number of hydrogen-bond donors (Lipinski definition) is 1. The van der Waals surface area contributed by atoms with Gasteiger partial charge in [0.15, 0.2) is 0 Å². The Hall–Kier alpha value is -0.880. The fraction of sp³-hybridized carbons (Fsp3) is 0. The third-order valence-electron chi connectivity index (χ3n) is 1.98. The lowest BCUT2D eigenvalue weighted by Crippen LogP contribution is -2.21. The maximum atomic E-state index is 11.4. The zero-order valence-electron chi connectivity index (χ0n) is 7.38. The molecule has 0 radical (unpaired) electrons. The normalized spacial score (nSPS) is 15.2. The molecule has 0 aliphatic carbocycles. The van der Waals surface area contributed by atoms with Crippen LogP contribution in [0.1, 0.15) is 5.56 Å². The lowest BCUT2D eigenvalue weighted by Gasteiger charge is -2.03. The molecule has 0 atom stereocenters. The van der Waals surface area contributed by atoms with Gasteiger partial charge in [-0.05, 0) is 34.7 Å². The van der Waals surface area contributed by atoms with Gasteiger partial charge in [-0.2, -0.15) is 0 Å². The Morgan fingerprint density at radius 2 is 2.00 bits per heavy atom. The third kappa shape index (κ3) is 2.05. The van der Waals surface area contributed by atoms with Crippen molar-refractivity contribution in [2.75, 3.05) is 0 Å². The second kappa shape index (κ2) is 3.94. The maximum Gasteiger partial charge on any atom is 0.258 e. The molecule has 0 bridgehead atoms. The summed E-state index contributed by atoms with van der Waals surface area (Å²) in [6.07, 6.45) is 1.30. The summed E-state index contributed by atoms with van der Waals surface area (Å²) in [5.74, 6) is -0.735. The highest BCUT2D eigenvalue weighted by Gasteiger charge is 2.23. The fourth-order valence-electron chi connectivity index (χ4n) is 1.32. The molecular weight excluding hydrogens is 328 g/mol. The molecule has 76 valence electrons. The van der Waals surface area contributed by atoms with Crippen LogP contribution in [0.3, 0.4) is 0 Å². The second-order valence-electron chi connectivity index (χ2n) is 3.00. The summed E-state index contributed by atoms with van der Waals surface area (Å²) in [4.78, 5) is 22.4. The first-order chi connectivity index (χ1) is 7.08. The first-order valence-electron chi connectivity index (χ1n) is 4.10. The predicted molar refractivity (Wildman–Crippen MR) is 65.3 cm³/mol. The van der Waals surface area contributed by atoms with Crippen molar-refractivity contribution in [2.45, 2.75) is 0 Å². The standard InChI is InChI=1S/C10H5ClINO2/c11-5-1-2-6(8(12)3-5)7-4-9(14)13-10(7)15/h1-4H,(H,13,14,15). The minimum Gasteiger partial charge on any atom is -0.289 e. The average Bonchev–Trinajstić information content (AvgIpc) is 2.45. The summed E-state index contributed by atoms with van der Waals surface area (Å²) in [5, 5.41) is 2.81. The van der Waals surface area contributed by atoms with Crippen molar-refractivity contribution in [3.05, 3.63) is 38.4 Å². The first-order valence-corrected chi connectivity index (χ1v) is 5.56. The zero-order chi connectivity index (χ0) is 11.0. The number of benzene rings is 1. The van der Waals surface area contributed by atoms with E-state index in [1.165, 1.54) is 6.08 Å². The van der Waals surface area contributed by atoms with E-state index in [0.717, 1.165) is 9.13 Å². The lowest BCUT2D eigenvalue weighted by atomic mass is 10.1. The highest BCUT2D eigenvalue weighted by molar-refractivity contribution is 14.1. The monoisotopic (exact) mass is 333 g/mol. The highest BCUT2D eigenvalue weighted by Crippen LogP contribution is 2.26. The van der Waals surface area contributed by atoms with Gasteiger partial charge in [0.2, 0.25) is 0 Å². The molecule has 2 amide bonds. The number of carbonyl (C=O) groups is 2. The number of rotatable bonds is 1. The van der Waals surface area contributed by atoms with Crippen molar-refractivity contribution in [1.82, 2.24) is 5.32 Å². The molecule has 0 fully saturated rings. The molecule has 1 heterocycles. The third-order valence-corrected chi connectivity index (χ3v) is 3.11. The maximum absolute atomic E-state index is 11.4. The lowest BCUT2D eigenvalue weighted by molar-refractivity contribution is -0.123. The summed E-state index contributed by atoms with van der Waals surface area (Å²) >= 11 is 7.87. The van der Waals surface area contributed by atoms with E-state index in [9.17, 15) is 9.59 Å². The van der Waals surface area contributed by atoms with Crippen molar-refractivity contribution in [3.63, 3.8) is 0 Å². The van der Waals surface area contributed by atoms with E-state index in [2.05, 4.69) is 27.9 Å². The largest absolute Gasteiger partial charge is 0.289 e. The van der Waals surface area contributed by atoms with Crippen LogP contribution < -0.4 is 5.32 Å². The van der Waals surface area contributed by atoms with E-state index in [-0.39, 0.29) is 11.8 Å². The quantitative estimate of drug-likeness (QED) is 0.631. The van der Waals surface area contributed by atoms with Crippen LogP contribution in [0.25, 0.3) is 5.57 Å². The summed E-state index contributed by atoms with van der Waals surface area (Å²) in [5.41, 5.74) is 1.12. The fourth-order valence-corrected chi connectivity index (χ4v) is 2.48. The van der Waals surface area contributed by atoms with Crippen LogP contribution in [0.15, 0.2) is 24.3 Å². The van der Waals surface area contributed by atoms with Gasteiger partial charge < -0.3 is 0 Å². The molecule has 1 N–H and O–H groups in total. The zero-order valence-corrected chi connectivity index (χ0v) is 10.3. The predicted octanol–water partition coefficient (Wildman–Crippen LogP) is 1.98. The van der Waals surface area contributed by atoms with E-state index in [4.69, 9.17) is 11.6 Å². The van der Waals surface area contributed by atoms with Gasteiger partial charge in [0.25, 0.3) is 11.8 Å². The summed E-state index contributed by atoms with van der Waals surface area (Å²) in [6.45, 7) is 0. The Labute approximate surface area is 105 Å². The van der Waals surface area contributed by atoms with Gasteiger partial charge in [0, 0.05) is 20.2 Å². The van der Waals surface area contributed by atoms with Crippen LogP contribution >= 0.6 is 34.2 Å². The molecule has 2 rings (SSSR count). The van der Waals surface area contributed by atoms with Crippen LogP contribution in [0, 0.1) is 3.57 Å². The van der Waals surface area contributed by atoms with Crippen molar-refractivity contribution in [2.24, 2.45) is 0 Å². The Morgan fingerprint density at radius 1 is 1.27 bits per heavy atom. The summed E-state index contributed by atoms with van der Waals surface area (Å²) < 4.78 is 0.844. The van der Waals surface area contributed by atoms with Gasteiger partial charge in [0.05, 0.1) is 5.57 Å². The molecule has 0 unspecified atom stereocenters. The van der Waals surface area contributed by atoms with Gasteiger partial charge in [-0.3, -0.25) is 14.9 Å². The molecule has 15 heavy (non-hydrogen) atoms. The number of halogens is 2. The minimum atomic E-state index is -0.374. The molecule has 1 aromatic carbocycles. The van der Waals surface area contributed by atoms with Gasteiger partial charge in [-0.15, -0.1) is 0 Å². The number of amides is 2. The first kappa shape index (κ1) is 10.6. The van der Waals surface area contributed by atoms with Crippen LogP contribution in [0.5, 0.6) is 0 Å². The smallest absolute Gasteiger partial charge is 0.258 e. The second-order valence-corrected chi connectivity index (χ2v) is 4.60. The van der Waals surface area contributed by atoms with Gasteiger partial charge >= 0.3 is 0 Å². The summed E-state index contributed by atoms with van der Waals surface area (Å²) in [7, 11) is 0. The molecule has 1 aliphatic heterocycles. The van der Waals surface area contributed by atoms with Crippen LogP contribution in [-0.2, 0) is 9.59 Å². The van der Waals surface area contributed by atoms with Crippen molar-refractivity contribution >= 4 is 51.6 Å². The van der Waals surface area contributed by atoms with Gasteiger partial charge in [-0.1, -0.05) is 17.7 Å². The van der Waals surface area contributed by atoms with Gasteiger partial charge in [-0.25, -0.2) is 0 Å². The van der Waals surface area contributed by atoms with Crippen LogP contribution in [-0.4, -0.2) is 11.8 Å². The SMILES string of the molecule is O=C1C=C(c2ccc(Cl)cc2I)C(=O)N1. The average molecular weight is 334 g/mol. The molecule has 3 nitrogen and oxygen atoms in total. The Kier molecular flexibility index (Phi) is 2.79. The van der Waals surface area contributed by atoms with Crippen molar-refractivity contribution in [3.8, 4) is 0 Å². The van der Waals surface area contributed by atoms with Crippen LogP contribution in [0.4, 0.5) is 0 Å². The van der Waals surface area contributed by atoms with E-state index in [1.54, 1.807) is 18.2 Å². The number of carbonyl (C=O) groups excluding carboxylic acids is 2. The Morgan fingerprint density at radius 3 is 2.53 bits per heavy atom. The number of imide groups is 1. The molecule has 1 aliphatic rings. The van der Waals surface area contributed by atoms with E-state index in [0.29, 0.717) is 10.6 Å². The topological polar surface area (TPSA) is 46.2 Å². The minimum absolute atomic E-state index is 0.361. The molecule has 5 heteroatoms. The van der Waals surface area contributed by atoms with E-state index in [1.807, 2.05) is 0 Å². The Bertz CT molecular complexity index is 496. The molecule has 0 spiro atoms. The van der Waals surface area contributed by atoms with Crippen LogP contribution in [0.2, 0.25) is 5.02 Å². The number of hydrogen-bond acceptors (Lipinski definition) is 2. The van der Waals surface area contributed by atoms with E-state index < -0.39 is 0 Å². The summed E-state index contributed by atoms with van der Waals surface area (Å²) in [6, 6.07) is 5.17. The molecular formula is C10H5ClINO2. The molecule has 0 aromatic heterocycles. The highest BCUT2D eigenvalue weighted by atomic mass is 127. The Balaban J connectivity index is 2.51. The van der Waals surface area contributed by atoms with E-state index >= 15 is 0 Å². The molecule has 0 saturated heterocycles. The van der Waals surface area contributed by atoms with Crippen molar-refractivity contribution in [1.29, 1.82) is 0 Å². The number of nitrogens with one attached hydrogen (secondary N) is 1. The van der Waals surface area contributed by atoms with Crippen molar-refractivity contribution < 1.29 is 9.59 Å². The molecule has 1 aromatic rings. The van der Waals surface area contributed by atoms with Gasteiger partial charge in [0.1, 0.15) is 0 Å². The molecule has 0 saturated carbocycles.